The molecule has 0 aliphatic rings. The van der Waals surface area contributed by atoms with Crippen LogP contribution in [-0.2, 0) is 4.79 Å². The van der Waals surface area contributed by atoms with Crippen molar-refractivity contribution in [2.45, 2.75) is 0 Å². The molecule has 1 aromatic rings. The van der Waals surface area contributed by atoms with E-state index in [2.05, 4.69) is 0 Å². The minimum absolute atomic E-state index is 0.0578. The largest absolute Gasteiger partial charge is 0.508 e. The summed E-state index contributed by atoms with van der Waals surface area (Å²) >= 11 is 0. The highest BCUT2D eigenvalue weighted by Gasteiger charge is 2.22. The molecule has 0 radical (unpaired) electrons. The number of likely N-dealkylation sites (N-methyl/N-ethyl adjacent to an activating group) is 2. The Morgan fingerprint density at radius 2 is 1.62 bits per heavy atom. The molecule has 0 fully saturated rings. The lowest BCUT2D eigenvalue weighted by atomic mass is 10.2. The molecule has 0 heterocycles. The summed E-state index contributed by atoms with van der Waals surface area (Å²) in [5, 5.41) is 18.3. The van der Waals surface area contributed by atoms with Crippen molar-refractivity contribution in [2.24, 2.45) is 0 Å². The lowest BCUT2D eigenvalue weighted by Crippen LogP contribution is -2.45. The highest BCUT2D eigenvalue weighted by atomic mass is 16.4. The summed E-state index contributed by atoms with van der Waals surface area (Å²) < 4.78 is 0. The van der Waals surface area contributed by atoms with E-state index in [4.69, 9.17) is 5.11 Å². The number of phenols is 1. The number of urea groups is 1. The normalized spacial score (nSPS) is 10.5. The molecule has 0 saturated heterocycles. The molecule has 0 spiro atoms. The molecule has 1 rings (SSSR count). The van der Waals surface area contributed by atoms with E-state index in [0.717, 1.165) is 4.90 Å². The van der Waals surface area contributed by atoms with Crippen LogP contribution >= 0.6 is 0 Å². The molecule has 2 N–H and O–H groups in total. The zero-order valence-corrected chi connectivity index (χ0v) is 12.5. The molecular weight excluding hydrogens is 274 g/mol. The molecule has 0 bridgehead atoms. The van der Waals surface area contributed by atoms with Crippen molar-refractivity contribution >= 4 is 17.7 Å². The van der Waals surface area contributed by atoms with Crippen LogP contribution in [0.25, 0.3) is 0 Å². The van der Waals surface area contributed by atoms with Crippen LogP contribution in [0.15, 0.2) is 24.3 Å². The maximum absolute atomic E-state index is 12.4. The van der Waals surface area contributed by atoms with Gasteiger partial charge in [-0.3, -0.25) is 9.69 Å². The summed E-state index contributed by atoms with van der Waals surface area (Å²) in [6, 6.07) is 5.45. The van der Waals surface area contributed by atoms with Gasteiger partial charge < -0.3 is 20.0 Å². The summed E-state index contributed by atoms with van der Waals surface area (Å²) in [6.45, 7) is 0.731. The number of rotatable bonds is 6. The number of phenolic OH excluding ortho intramolecular Hbond substituents is 1. The second-order valence-electron chi connectivity index (χ2n) is 5.00. The van der Waals surface area contributed by atoms with Gasteiger partial charge in [-0.25, -0.2) is 4.79 Å². The van der Waals surface area contributed by atoms with E-state index >= 15 is 0 Å². The number of hydrogen-bond donors (Lipinski definition) is 2. The summed E-state index contributed by atoms with van der Waals surface area (Å²) in [4.78, 5) is 27.9. The fourth-order valence-electron chi connectivity index (χ4n) is 1.69. The van der Waals surface area contributed by atoms with Gasteiger partial charge in [-0.05, 0) is 38.4 Å². The Bertz CT molecular complexity index is 487. The molecule has 0 aliphatic heterocycles. The van der Waals surface area contributed by atoms with Crippen molar-refractivity contribution in [3.8, 4) is 5.75 Å². The predicted molar refractivity (Wildman–Crippen MR) is 79.7 cm³/mol. The van der Waals surface area contributed by atoms with E-state index in [1.807, 2.05) is 19.0 Å². The van der Waals surface area contributed by atoms with E-state index in [1.165, 1.54) is 29.2 Å². The molecule has 2 amide bonds. The maximum atomic E-state index is 12.4. The molecule has 116 valence electrons. The minimum atomic E-state index is -1.10. The maximum Gasteiger partial charge on any atom is 0.324 e. The van der Waals surface area contributed by atoms with Gasteiger partial charge in [0.2, 0.25) is 0 Å². The van der Waals surface area contributed by atoms with Gasteiger partial charge >= 0.3 is 12.0 Å². The number of carboxylic acids is 1. The van der Waals surface area contributed by atoms with Crippen molar-refractivity contribution < 1.29 is 19.8 Å². The van der Waals surface area contributed by atoms with Crippen molar-refractivity contribution in [1.29, 1.82) is 0 Å². The van der Waals surface area contributed by atoms with E-state index in [0.29, 0.717) is 18.8 Å². The van der Waals surface area contributed by atoms with Crippen LogP contribution in [0.1, 0.15) is 0 Å². The third-order valence-electron chi connectivity index (χ3n) is 2.89. The number of carboxylic acid groups (broad SMARTS) is 1. The molecule has 0 aromatic heterocycles. The van der Waals surface area contributed by atoms with Gasteiger partial charge in [0, 0.05) is 25.8 Å². The quantitative estimate of drug-likeness (QED) is 0.814. The Morgan fingerprint density at radius 1 is 1.05 bits per heavy atom. The van der Waals surface area contributed by atoms with Crippen LogP contribution in [0.5, 0.6) is 5.75 Å². The van der Waals surface area contributed by atoms with Crippen molar-refractivity contribution in [3.63, 3.8) is 0 Å². The van der Waals surface area contributed by atoms with Crippen molar-refractivity contribution in [2.75, 3.05) is 45.7 Å². The Labute approximate surface area is 124 Å². The first-order valence-corrected chi connectivity index (χ1v) is 6.49. The van der Waals surface area contributed by atoms with E-state index in [1.54, 1.807) is 7.05 Å². The highest BCUT2D eigenvalue weighted by Crippen LogP contribution is 2.19. The van der Waals surface area contributed by atoms with E-state index in [-0.39, 0.29) is 5.75 Å². The van der Waals surface area contributed by atoms with Gasteiger partial charge in [0.1, 0.15) is 12.3 Å². The Balaban J connectivity index is 2.88. The molecule has 7 nitrogen and oxygen atoms in total. The summed E-state index contributed by atoms with van der Waals surface area (Å²) in [7, 11) is 5.42. The van der Waals surface area contributed by atoms with Gasteiger partial charge in [-0.2, -0.15) is 0 Å². The molecule has 0 atom stereocenters. The average molecular weight is 295 g/mol. The molecule has 0 aliphatic carbocycles. The summed E-state index contributed by atoms with van der Waals surface area (Å²) in [5.74, 6) is -1.04. The van der Waals surface area contributed by atoms with Crippen LogP contribution in [0, 0.1) is 0 Å². The van der Waals surface area contributed by atoms with E-state index in [9.17, 15) is 14.7 Å². The van der Waals surface area contributed by atoms with Gasteiger partial charge in [0.05, 0.1) is 0 Å². The van der Waals surface area contributed by atoms with Crippen LogP contribution in [-0.4, -0.2) is 72.8 Å². The number of benzene rings is 1. The van der Waals surface area contributed by atoms with Crippen LogP contribution in [0.3, 0.4) is 0 Å². The second-order valence-corrected chi connectivity index (χ2v) is 5.00. The van der Waals surface area contributed by atoms with Gasteiger partial charge in [-0.1, -0.05) is 0 Å². The van der Waals surface area contributed by atoms with Gasteiger partial charge in [0.15, 0.2) is 0 Å². The zero-order chi connectivity index (χ0) is 16.0. The minimum Gasteiger partial charge on any atom is -0.508 e. The fourth-order valence-corrected chi connectivity index (χ4v) is 1.69. The lowest BCUT2D eigenvalue weighted by Gasteiger charge is -2.28. The lowest BCUT2D eigenvalue weighted by molar-refractivity contribution is -0.135. The van der Waals surface area contributed by atoms with Crippen LogP contribution in [0.2, 0.25) is 0 Å². The zero-order valence-electron chi connectivity index (χ0n) is 12.5. The molecule has 0 saturated carbocycles. The van der Waals surface area contributed by atoms with Crippen molar-refractivity contribution in [3.05, 3.63) is 24.3 Å². The smallest absolute Gasteiger partial charge is 0.324 e. The van der Waals surface area contributed by atoms with E-state index < -0.39 is 18.5 Å². The number of hydrogen-bond acceptors (Lipinski definition) is 4. The Morgan fingerprint density at radius 3 is 2.10 bits per heavy atom. The third kappa shape index (κ3) is 5.31. The van der Waals surface area contributed by atoms with Gasteiger partial charge in [0.25, 0.3) is 0 Å². The fraction of sp³-hybridized carbons (Fsp3) is 0.429. The summed E-state index contributed by atoms with van der Waals surface area (Å²) in [5.41, 5.74) is 0.428. The molecule has 7 heteroatoms. The molecular formula is C14H21N3O4. The average Bonchev–Trinajstić information content (AvgIpc) is 2.42. The number of aromatic hydroxyl groups is 1. The highest BCUT2D eigenvalue weighted by molar-refractivity contribution is 5.96. The monoisotopic (exact) mass is 295 g/mol. The van der Waals surface area contributed by atoms with Gasteiger partial charge in [-0.15, -0.1) is 0 Å². The summed E-state index contributed by atoms with van der Waals surface area (Å²) in [6.07, 6.45) is 0. The number of aliphatic carboxylic acids is 1. The van der Waals surface area contributed by atoms with Crippen molar-refractivity contribution in [1.82, 2.24) is 9.80 Å². The standard InChI is InChI=1S/C14H21N3O4/c1-15(2)8-9-16(3)14(21)17(10-13(19)20)11-4-6-12(18)7-5-11/h4-7,18H,8-10H2,1-3H3,(H,19,20). The topological polar surface area (TPSA) is 84.3 Å². The molecule has 21 heavy (non-hydrogen) atoms. The van der Waals surface area contributed by atoms with Crippen LogP contribution in [0.4, 0.5) is 10.5 Å². The third-order valence-corrected chi connectivity index (χ3v) is 2.89. The van der Waals surface area contributed by atoms with Crippen LogP contribution < -0.4 is 4.90 Å². The number of carbonyl (C=O) groups is 2. The Hall–Kier alpha value is -2.28. The molecule has 0 unspecified atom stereocenters. The predicted octanol–water partition coefficient (Wildman–Crippen LogP) is 0.897. The number of amides is 2. The number of anilines is 1. The second kappa shape index (κ2) is 7.49. The SMILES string of the molecule is CN(C)CCN(C)C(=O)N(CC(=O)O)c1ccc(O)cc1. The first kappa shape index (κ1) is 16.8. The number of carbonyl (C=O) groups excluding carboxylic acids is 1. The first-order chi connectivity index (χ1) is 9.81. The molecule has 1 aromatic carbocycles. The first-order valence-electron chi connectivity index (χ1n) is 6.49. The Kier molecular flexibility index (Phi) is 5.98. The number of nitrogens with zero attached hydrogens (tertiary/aromatic N) is 3.